The molecule has 0 bridgehead atoms. The summed E-state index contributed by atoms with van der Waals surface area (Å²) in [6.07, 6.45) is 3.47. The smallest absolute Gasteiger partial charge is 0.223 e. The zero-order valence-electron chi connectivity index (χ0n) is 11.0. The van der Waals surface area contributed by atoms with E-state index >= 15 is 0 Å². The van der Waals surface area contributed by atoms with E-state index in [9.17, 15) is 0 Å². The highest BCUT2D eigenvalue weighted by Gasteiger charge is 2.00. The molecule has 0 aromatic heterocycles. The molecule has 0 aliphatic heterocycles. The Kier molecular flexibility index (Phi) is 5.17. The van der Waals surface area contributed by atoms with Crippen molar-refractivity contribution in [2.24, 2.45) is 27.2 Å². The van der Waals surface area contributed by atoms with Gasteiger partial charge in [0.25, 0.3) is 0 Å². The molecule has 98 valence electrons. The standard InChI is InChI=1S/C13H21N5/c1-3-4-5-10-6-7-11(9(2)8-10)17-13(16)18-12(14)15/h6-8H,3-5H2,1-2H3,(H6,14,15,16,17,18). The van der Waals surface area contributed by atoms with Crippen molar-refractivity contribution in [2.75, 3.05) is 0 Å². The summed E-state index contributed by atoms with van der Waals surface area (Å²) in [5.74, 6) is -0.0205. The molecule has 0 spiro atoms. The first-order chi connectivity index (χ1) is 8.52. The van der Waals surface area contributed by atoms with Crippen molar-refractivity contribution >= 4 is 17.6 Å². The summed E-state index contributed by atoms with van der Waals surface area (Å²) < 4.78 is 0. The lowest BCUT2D eigenvalue weighted by molar-refractivity contribution is 0.794. The van der Waals surface area contributed by atoms with Gasteiger partial charge in [0.2, 0.25) is 5.96 Å². The molecule has 18 heavy (non-hydrogen) atoms. The van der Waals surface area contributed by atoms with Crippen molar-refractivity contribution in [2.45, 2.75) is 33.1 Å². The number of hydrogen-bond donors (Lipinski definition) is 3. The van der Waals surface area contributed by atoms with E-state index in [2.05, 4.69) is 29.0 Å². The van der Waals surface area contributed by atoms with Gasteiger partial charge in [-0.25, -0.2) is 4.99 Å². The maximum Gasteiger partial charge on any atom is 0.223 e. The van der Waals surface area contributed by atoms with E-state index in [-0.39, 0.29) is 11.9 Å². The summed E-state index contributed by atoms with van der Waals surface area (Å²) in [6.45, 7) is 4.18. The Bertz CT molecular complexity index is 458. The summed E-state index contributed by atoms with van der Waals surface area (Å²) in [6, 6.07) is 6.12. The molecule has 0 saturated carbocycles. The minimum absolute atomic E-state index is 0.0689. The number of unbranched alkanes of at least 4 members (excludes halogenated alkanes) is 1. The molecule has 1 rings (SSSR count). The molecular weight excluding hydrogens is 226 g/mol. The Labute approximate surface area is 108 Å². The van der Waals surface area contributed by atoms with Crippen LogP contribution in [0.1, 0.15) is 30.9 Å². The highest BCUT2D eigenvalue weighted by atomic mass is 15.1. The topological polar surface area (TPSA) is 103 Å². The molecule has 6 N–H and O–H groups in total. The van der Waals surface area contributed by atoms with Crippen LogP contribution in [0.2, 0.25) is 0 Å². The highest BCUT2D eigenvalue weighted by Crippen LogP contribution is 2.20. The minimum Gasteiger partial charge on any atom is -0.370 e. The van der Waals surface area contributed by atoms with Crippen molar-refractivity contribution in [1.29, 1.82) is 0 Å². The average Bonchev–Trinajstić information content (AvgIpc) is 2.28. The largest absolute Gasteiger partial charge is 0.370 e. The normalized spacial score (nSPS) is 11.3. The van der Waals surface area contributed by atoms with Crippen LogP contribution in [0.5, 0.6) is 0 Å². The van der Waals surface area contributed by atoms with E-state index in [1.807, 2.05) is 13.0 Å². The Morgan fingerprint density at radius 2 is 1.94 bits per heavy atom. The van der Waals surface area contributed by atoms with E-state index in [4.69, 9.17) is 17.2 Å². The molecule has 0 radical (unpaired) electrons. The molecule has 5 heteroatoms. The van der Waals surface area contributed by atoms with E-state index in [0.29, 0.717) is 0 Å². The van der Waals surface area contributed by atoms with Crippen LogP contribution in [-0.4, -0.2) is 11.9 Å². The van der Waals surface area contributed by atoms with Gasteiger partial charge >= 0.3 is 0 Å². The number of nitrogens with zero attached hydrogens (tertiary/aromatic N) is 2. The lowest BCUT2D eigenvalue weighted by Crippen LogP contribution is -2.26. The third-order valence-corrected chi connectivity index (χ3v) is 2.56. The van der Waals surface area contributed by atoms with Crippen molar-refractivity contribution in [3.05, 3.63) is 29.3 Å². The Hall–Kier alpha value is -2.04. The fourth-order valence-corrected chi connectivity index (χ4v) is 1.66. The first-order valence-corrected chi connectivity index (χ1v) is 6.06. The first-order valence-electron chi connectivity index (χ1n) is 6.06. The fourth-order valence-electron chi connectivity index (χ4n) is 1.66. The van der Waals surface area contributed by atoms with E-state index in [0.717, 1.165) is 17.7 Å². The van der Waals surface area contributed by atoms with Gasteiger partial charge in [0.1, 0.15) is 0 Å². The fraction of sp³-hybridized carbons (Fsp3) is 0.385. The molecular formula is C13H21N5. The average molecular weight is 247 g/mol. The molecule has 1 aromatic carbocycles. The molecule has 0 aliphatic rings. The predicted octanol–water partition coefficient (Wildman–Crippen LogP) is 1.56. The molecule has 5 nitrogen and oxygen atoms in total. The monoisotopic (exact) mass is 247 g/mol. The van der Waals surface area contributed by atoms with Crippen molar-refractivity contribution in [3.8, 4) is 0 Å². The van der Waals surface area contributed by atoms with Crippen LogP contribution in [0.4, 0.5) is 5.69 Å². The number of nitrogens with two attached hydrogens (primary N) is 3. The van der Waals surface area contributed by atoms with Gasteiger partial charge in [-0.2, -0.15) is 4.99 Å². The van der Waals surface area contributed by atoms with Crippen molar-refractivity contribution in [1.82, 2.24) is 0 Å². The lowest BCUT2D eigenvalue weighted by Gasteiger charge is -2.05. The molecule has 1 aromatic rings. The molecule has 0 saturated heterocycles. The number of rotatable bonds is 4. The maximum absolute atomic E-state index is 5.60. The third-order valence-electron chi connectivity index (χ3n) is 2.56. The van der Waals surface area contributed by atoms with Crippen LogP contribution in [0.15, 0.2) is 28.2 Å². The number of hydrogen-bond acceptors (Lipinski definition) is 1. The van der Waals surface area contributed by atoms with Gasteiger partial charge in [-0.3, -0.25) is 0 Å². The Morgan fingerprint density at radius 1 is 1.22 bits per heavy atom. The maximum atomic E-state index is 5.60. The van der Waals surface area contributed by atoms with E-state index in [1.54, 1.807) is 0 Å². The van der Waals surface area contributed by atoms with Gasteiger partial charge in [-0.1, -0.05) is 25.5 Å². The number of guanidine groups is 2. The van der Waals surface area contributed by atoms with Crippen molar-refractivity contribution < 1.29 is 0 Å². The predicted molar refractivity (Wildman–Crippen MR) is 76.9 cm³/mol. The molecule has 0 atom stereocenters. The van der Waals surface area contributed by atoms with Gasteiger partial charge in [0, 0.05) is 0 Å². The molecule has 0 heterocycles. The van der Waals surface area contributed by atoms with Crippen LogP contribution in [0, 0.1) is 6.92 Å². The quantitative estimate of drug-likeness (QED) is 0.555. The van der Waals surface area contributed by atoms with Crippen LogP contribution < -0.4 is 17.2 Å². The second-order valence-corrected chi connectivity index (χ2v) is 4.23. The van der Waals surface area contributed by atoms with Gasteiger partial charge < -0.3 is 17.2 Å². The van der Waals surface area contributed by atoms with Gasteiger partial charge in [0.15, 0.2) is 5.96 Å². The summed E-state index contributed by atoms with van der Waals surface area (Å²) in [4.78, 5) is 7.85. The molecule has 0 amide bonds. The molecule has 0 unspecified atom stereocenters. The zero-order valence-corrected chi connectivity index (χ0v) is 11.0. The van der Waals surface area contributed by atoms with Crippen LogP contribution >= 0.6 is 0 Å². The number of aryl methyl sites for hydroxylation is 2. The lowest BCUT2D eigenvalue weighted by atomic mass is 10.0. The molecule has 0 aliphatic carbocycles. The first kappa shape index (κ1) is 14.0. The van der Waals surface area contributed by atoms with Gasteiger partial charge in [0.05, 0.1) is 5.69 Å². The summed E-state index contributed by atoms with van der Waals surface area (Å²) >= 11 is 0. The van der Waals surface area contributed by atoms with E-state index < -0.39 is 0 Å². The van der Waals surface area contributed by atoms with Crippen LogP contribution in [0.25, 0.3) is 0 Å². The Morgan fingerprint density at radius 3 is 2.50 bits per heavy atom. The van der Waals surface area contributed by atoms with Gasteiger partial charge in [-0.15, -0.1) is 0 Å². The molecule has 0 fully saturated rings. The van der Waals surface area contributed by atoms with Crippen LogP contribution in [0.3, 0.4) is 0 Å². The summed E-state index contributed by atoms with van der Waals surface area (Å²) in [5.41, 5.74) is 19.2. The van der Waals surface area contributed by atoms with Gasteiger partial charge in [-0.05, 0) is 37.0 Å². The Balaban J connectivity index is 2.89. The summed E-state index contributed by atoms with van der Waals surface area (Å²) in [7, 11) is 0. The SMILES string of the molecule is CCCCc1ccc(N=C(N)N=C(N)N)c(C)c1. The number of aliphatic imine (C=N–C) groups is 2. The third kappa shape index (κ3) is 4.45. The summed E-state index contributed by atoms with van der Waals surface area (Å²) in [5, 5.41) is 0. The second-order valence-electron chi connectivity index (χ2n) is 4.23. The number of benzene rings is 1. The van der Waals surface area contributed by atoms with Crippen LogP contribution in [-0.2, 0) is 6.42 Å². The second kappa shape index (κ2) is 6.64. The van der Waals surface area contributed by atoms with E-state index in [1.165, 1.54) is 18.4 Å². The zero-order chi connectivity index (χ0) is 13.5. The van der Waals surface area contributed by atoms with Crippen molar-refractivity contribution in [3.63, 3.8) is 0 Å². The highest BCUT2D eigenvalue weighted by molar-refractivity contribution is 5.93. The minimum atomic E-state index is -0.0894.